The maximum atomic E-state index is 14.1. The predicted molar refractivity (Wildman–Crippen MR) is 115 cm³/mol. The molecule has 160 valence electrons. The molecule has 0 radical (unpaired) electrons. The van der Waals surface area contributed by atoms with Crippen molar-refractivity contribution in [2.75, 3.05) is 13.1 Å². The van der Waals surface area contributed by atoms with Crippen LogP contribution in [0.15, 0.2) is 24.3 Å². The van der Waals surface area contributed by atoms with E-state index < -0.39 is 12.2 Å². The Kier molecular flexibility index (Phi) is 6.89. The number of halogens is 1. The van der Waals surface area contributed by atoms with Gasteiger partial charge < -0.3 is 10.2 Å². The van der Waals surface area contributed by atoms with Crippen molar-refractivity contribution in [3.63, 3.8) is 0 Å². The summed E-state index contributed by atoms with van der Waals surface area (Å²) in [5, 5.41) is 7.82. The second-order valence-corrected chi connectivity index (χ2v) is 8.11. The van der Waals surface area contributed by atoms with E-state index in [1.165, 1.54) is 16.5 Å². The van der Waals surface area contributed by atoms with Gasteiger partial charge in [0.2, 0.25) is 11.8 Å². The lowest BCUT2D eigenvalue weighted by Crippen LogP contribution is -2.47. The van der Waals surface area contributed by atoms with Crippen molar-refractivity contribution in [2.24, 2.45) is 0 Å². The summed E-state index contributed by atoms with van der Waals surface area (Å²) < 4.78 is 15.6. The van der Waals surface area contributed by atoms with Crippen LogP contribution in [-0.2, 0) is 16.1 Å². The van der Waals surface area contributed by atoms with Crippen LogP contribution in [0.25, 0.3) is 10.9 Å². The molecule has 3 atom stereocenters. The Morgan fingerprint density at radius 3 is 2.77 bits per heavy atom. The highest BCUT2D eigenvalue weighted by Crippen LogP contribution is 2.23. The number of nitrogens with one attached hydrogen (secondary N) is 1. The minimum absolute atomic E-state index is 0.00170. The van der Waals surface area contributed by atoms with E-state index in [1.54, 1.807) is 24.3 Å². The molecule has 1 aromatic carbocycles. The van der Waals surface area contributed by atoms with Crippen molar-refractivity contribution in [1.29, 1.82) is 0 Å². The number of fused-ring (bicyclic) bond motifs is 1. The van der Waals surface area contributed by atoms with Gasteiger partial charge in [0.15, 0.2) is 5.78 Å². The van der Waals surface area contributed by atoms with Crippen LogP contribution in [-0.4, -0.2) is 65.4 Å². The second-order valence-electron chi connectivity index (χ2n) is 8.11. The zero-order valence-corrected chi connectivity index (χ0v) is 17.7. The van der Waals surface area contributed by atoms with Gasteiger partial charge in [0.25, 0.3) is 0 Å². The third-order valence-electron chi connectivity index (χ3n) is 5.56. The molecule has 0 bridgehead atoms. The summed E-state index contributed by atoms with van der Waals surface area (Å²) in [5.74, 6) is -0.576. The number of likely N-dealkylation sites (tertiary alicyclic amines) is 1. The molecule has 2 heterocycles. The number of hydrogen-bond donors (Lipinski definition) is 1. The number of aromatic nitrogens is 2. The van der Waals surface area contributed by atoms with Gasteiger partial charge in [-0.25, -0.2) is 4.39 Å². The van der Waals surface area contributed by atoms with Crippen LogP contribution in [0.4, 0.5) is 4.39 Å². The molecule has 2 amide bonds. The van der Waals surface area contributed by atoms with Gasteiger partial charge in [0.05, 0.1) is 12.1 Å². The molecule has 1 N–H and O–H groups in total. The monoisotopic (exact) mass is 414 g/mol. The number of alkyl halides is 1. The summed E-state index contributed by atoms with van der Waals surface area (Å²) in [4.78, 5) is 38.8. The van der Waals surface area contributed by atoms with E-state index in [-0.39, 0.29) is 37.1 Å². The summed E-state index contributed by atoms with van der Waals surface area (Å²) >= 11 is 0. The van der Waals surface area contributed by atoms with Crippen molar-refractivity contribution in [3.05, 3.63) is 30.0 Å². The average molecular weight is 414 g/mol. The molecule has 0 spiro atoms. The Morgan fingerprint density at radius 2 is 2.07 bits per heavy atom. The molecule has 0 aliphatic carbocycles. The molecule has 9 heteroatoms. The summed E-state index contributed by atoms with van der Waals surface area (Å²) in [6.45, 7) is 3.75. The van der Waals surface area contributed by atoms with E-state index in [2.05, 4.69) is 25.2 Å². The first-order chi connectivity index (χ1) is 14.3. The highest BCUT2D eigenvalue weighted by Gasteiger charge is 2.39. The molecular formula is C21H28BFN4O3. The third kappa shape index (κ3) is 4.71. The molecule has 1 aliphatic rings. The van der Waals surface area contributed by atoms with Crippen LogP contribution in [0.2, 0.25) is 5.82 Å². The molecule has 1 unspecified atom stereocenters. The Bertz CT molecular complexity index is 947. The average Bonchev–Trinajstić information content (AvgIpc) is 3.28. The maximum absolute atomic E-state index is 14.1. The number of rotatable bonds is 8. The largest absolute Gasteiger partial charge is 0.355 e. The highest BCUT2D eigenvalue weighted by molar-refractivity contribution is 6.12. The first-order valence-electron chi connectivity index (χ1n) is 10.5. The van der Waals surface area contributed by atoms with Gasteiger partial charge >= 0.3 is 0 Å². The Labute approximate surface area is 176 Å². The van der Waals surface area contributed by atoms with Gasteiger partial charge in [-0.2, -0.15) is 5.10 Å². The van der Waals surface area contributed by atoms with E-state index in [9.17, 15) is 18.8 Å². The number of para-hydroxylation sites is 1. The minimum atomic E-state index is -1.24. The maximum Gasteiger partial charge on any atom is 0.245 e. The molecule has 3 rings (SSSR count). The van der Waals surface area contributed by atoms with Crippen molar-refractivity contribution < 1.29 is 18.8 Å². The third-order valence-corrected chi connectivity index (χ3v) is 5.56. The van der Waals surface area contributed by atoms with Crippen molar-refractivity contribution >= 4 is 36.3 Å². The van der Waals surface area contributed by atoms with Crippen LogP contribution < -0.4 is 5.32 Å². The number of nitrogens with zero attached hydrogens (tertiary/aromatic N) is 3. The van der Waals surface area contributed by atoms with E-state index in [1.807, 2.05) is 0 Å². The van der Waals surface area contributed by atoms with E-state index in [0.29, 0.717) is 29.0 Å². The molecule has 7 nitrogen and oxygen atoms in total. The lowest BCUT2D eigenvalue weighted by atomic mass is 9.83. The van der Waals surface area contributed by atoms with Gasteiger partial charge in [0, 0.05) is 25.3 Å². The van der Waals surface area contributed by atoms with Crippen LogP contribution in [0.1, 0.15) is 43.6 Å². The molecule has 1 fully saturated rings. The molecule has 30 heavy (non-hydrogen) atoms. The molecule has 1 aromatic heterocycles. The smallest absolute Gasteiger partial charge is 0.245 e. The van der Waals surface area contributed by atoms with Crippen LogP contribution in [0.3, 0.4) is 0 Å². The number of carbonyl (C=O) groups excluding carboxylic acids is 3. The zero-order valence-electron chi connectivity index (χ0n) is 17.7. The van der Waals surface area contributed by atoms with Gasteiger partial charge in [-0.1, -0.05) is 43.8 Å². The zero-order chi connectivity index (χ0) is 21.8. The normalized spacial score (nSPS) is 19.8. The Hall–Kier alpha value is -2.71. The first kappa shape index (κ1) is 22.0. The van der Waals surface area contributed by atoms with E-state index in [0.717, 1.165) is 12.8 Å². The van der Waals surface area contributed by atoms with Gasteiger partial charge in [-0.05, 0) is 6.07 Å². The number of benzene rings is 1. The molecular weight excluding hydrogens is 386 g/mol. The van der Waals surface area contributed by atoms with Crippen molar-refractivity contribution in [1.82, 2.24) is 20.0 Å². The number of Topliss-reactive ketones (excluding diaryl/α,β-unsaturated/α-hetero) is 1. The van der Waals surface area contributed by atoms with Crippen LogP contribution in [0, 0.1) is 0 Å². The first-order valence-corrected chi connectivity index (χ1v) is 10.5. The van der Waals surface area contributed by atoms with Crippen LogP contribution in [0.5, 0.6) is 0 Å². The Balaban J connectivity index is 1.74. The highest BCUT2D eigenvalue weighted by atomic mass is 19.1. The lowest BCUT2D eigenvalue weighted by Gasteiger charge is -2.24. The number of amides is 2. The number of hydrogen-bond acceptors (Lipinski definition) is 4. The predicted octanol–water partition coefficient (Wildman–Crippen LogP) is 1.52. The lowest BCUT2D eigenvalue weighted by molar-refractivity contribution is -0.139. The molecule has 1 aliphatic heterocycles. The van der Waals surface area contributed by atoms with E-state index in [4.69, 9.17) is 0 Å². The quantitative estimate of drug-likeness (QED) is 0.525. The fourth-order valence-electron chi connectivity index (χ4n) is 4.02. The fraction of sp³-hybridized carbons (Fsp3) is 0.524. The number of ketones is 1. The minimum Gasteiger partial charge on any atom is -0.355 e. The van der Waals surface area contributed by atoms with Gasteiger partial charge in [-0.3, -0.25) is 19.1 Å². The van der Waals surface area contributed by atoms with Crippen molar-refractivity contribution in [3.8, 4) is 0 Å². The molecule has 2 aromatic rings. The van der Waals surface area contributed by atoms with E-state index >= 15 is 0 Å². The topological polar surface area (TPSA) is 84.3 Å². The van der Waals surface area contributed by atoms with Crippen molar-refractivity contribution in [2.45, 2.75) is 57.7 Å². The number of carbonyl (C=O) groups is 3. The summed E-state index contributed by atoms with van der Waals surface area (Å²) in [6.07, 6.45) is 0.778. The van der Waals surface area contributed by atoms with Crippen LogP contribution >= 0.6 is 0 Å². The molecule has 0 saturated carbocycles. The summed E-state index contributed by atoms with van der Waals surface area (Å²) in [5.41, 5.74) is 0.948. The fourth-order valence-corrected chi connectivity index (χ4v) is 4.02. The van der Waals surface area contributed by atoms with Gasteiger partial charge in [-0.15, -0.1) is 0 Å². The summed E-state index contributed by atoms with van der Waals surface area (Å²) in [6, 6.07) is 6.34. The summed E-state index contributed by atoms with van der Waals surface area (Å²) in [7, 11) is 2.05. The second kappa shape index (κ2) is 9.41. The SMILES string of the molecule is BC(CCC)CNC(=O)[C@@H]1C[C@@H](F)CN1C(=O)Cn1nc(C(C)=O)c2ccccc21. The van der Waals surface area contributed by atoms with Gasteiger partial charge in [0.1, 0.15) is 32.3 Å². The Morgan fingerprint density at radius 1 is 1.33 bits per heavy atom. The standard InChI is InChI=1S/C21H28BFN4O3/c1-3-6-14(22)10-24-21(30)18-9-15(23)11-26(18)19(29)12-27-17-8-5-4-7-16(17)20(25-27)13(2)28/h4-5,7-8,14-15,18H,3,6,9-12,22H2,1-2H3,(H,24,30)/t14?,15-,18+/m1/s1. The molecule has 1 saturated heterocycles.